The second-order valence-electron chi connectivity index (χ2n) is 6.09. The van der Waals surface area contributed by atoms with Gasteiger partial charge in [0.05, 0.1) is 5.39 Å². The summed E-state index contributed by atoms with van der Waals surface area (Å²) >= 11 is 0. The summed E-state index contributed by atoms with van der Waals surface area (Å²) in [4.78, 5) is 11.6. The Morgan fingerprint density at radius 1 is 1.36 bits per heavy atom. The van der Waals surface area contributed by atoms with Crippen molar-refractivity contribution in [2.75, 3.05) is 19.7 Å². The van der Waals surface area contributed by atoms with Crippen LogP contribution in [-0.4, -0.2) is 43.0 Å². The molecule has 1 aromatic heterocycles. The number of carbonyl (C=O) groups is 1. The summed E-state index contributed by atoms with van der Waals surface area (Å²) in [5.41, 5.74) is 1.23. The van der Waals surface area contributed by atoms with E-state index in [1.807, 2.05) is 13.8 Å². The Kier molecular flexibility index (Phi) is 6.66. The van der Waals surface area contributed by atoms with E-state index in [0.29, 0.717) is 36.0 Å². The first-order valence-corrected chi connectivity index (χ1v) is 8.44. The molecule has 0 spiro atoms. The van der Waals surface area contributed by atoms with E-state index in [1.165, 1.54) is 0 Å². The summed E-state index contributed by atoms with van der Waals surface area (Å²) in [6, 6.07) is 5.65. The molecule has 1 unspecified atom stereocenters. The van der Waals surface area contributed by atoms with Gasteiger partial charge in [-0.25, -0.2) is 4.79 Å². The molecule has 0 aliphatic carbocycles. The Hall–Kier alpha value is -2.25. The van der Waals surface area contributed by atoms with Crippen LogP contribution in [0, 0.1) is 6.92 Å². The van der Waals surface area contributed by atoms with Gasteiger partial charge >= 0.3 is 6.09 Å². The van der Waals surface area contributed by atoms with Crippen LogP contribution < -0.4 is 20.1 Å². The van der Waals surface area contributed by atoms with E-state index in [1.54, 1.807) is 32.0 Å². The lowest BCUT2D eigenvalue weighted by Gasteiger charge is -2.15. The number of nitrogens with one attached hydrogen (secondary N) is 2. The van der Waals surface area contributed by atoms with Gasteiger partial charge in [0, 0.05) is 24.7 Å². The summed E-state index contributed by atoms with van der Waals surface area (Å²) in [5, 5.41) is 16.4. The Bertz CT molecular complexity index is 711. The molecule has 0 aliphatic heterocycles. The van der Waals surface area contributed by atoms with Gasteiger partial charge in [-0.3, -0.25) is 0 Å². The average molecular weight is 350 g/mol. The fraction of sp³-hybridized carbons (Fsp3) is 0.500. The molecule has 0 fully saturated rings. The van der Waals surface area contributed by atoms with Crippen LogP contribution in [0.2, 0.25) is 0 Å². The third kappa shape index (κ3) is 5.11. The third-order valence-corrected chi connectivity index (χ3v) is 3.57. The number of fused-ring (bicyclic) bond motifs is 1. The first-order chi connectivity index (χ1) is 11.9. The van der Waals surface area contributed by atoms with Gasteiger partial charge in [0.25, 0.3) is 5.95 Å². The van der Waals surface area contributed by atoms with Crippen molar-refractivity contribution in [2.24, 2.45) is 0 Å². The number of carbonyl (C=O) groups excluding carboxylic acids is 1. The van der Waals surface area contributed by atoms with Crippen LogP contribution in [-0.2, 0) is 0 Å². The third-order valence-electron chi connectivity index (χ3n) is 3.57. The minimum absolute atomic E-state index is 0.138. The summed E-state index contributed by atoms with van der Waals surface area (Å²) in [5.74, 6) is 0.715. The first kappa shape index (κ1) is 19.1. The van der Waals surface area contributed by atoms with Gasteiger partial charge in [-0.15, -0.1) is 0 Å². The Morgan fingerprint density at radius 3 is 2.80 bits per heavy atom. The lowest BCUT2D eigenvalue weighted by molar-refractivity contribution is 0.105. The van der Waals surface area contributed by atoms with E-state index in [9.17, 15) is 9.90 Å². The van der Waals surface area contributed by atoms with Crippen LogP contribution in [0.25, 0.3) is 11.0 Å². The number of hydrogen-bond acceptors (Lipinski definition) is 6. The topological polar surface area (TPSA) is 93.0 Å². The molecule has 7 heteroatoms. The highest BCUT2D eigenvalue weighted by atomic mass is 16.6. The molecule has 0 radical (unpaired) electrons. The van der Waals surface area contributed by atoms with Crippen molar-refractivity contribution < 1.29 is 23.8 Å². The molecule has 0 aliphatic rings. The molecule has 1 heterocycles. The smallest absolute Gasteiger partial charge is 0.415 e. The first-order valence-electron chi connectivity index (χ1n) is 8.44. The van der Waals surface area contributed by atoms with E-state index in [-0.39, 0.29) is 12.6 Å². The zero-order valence-corrected chi connectivity index (χ0v) is 15.1. The van der Waals surface area contributed by atoms with Crippen molar-refractivity contribution in [3.05, 3.63) is 23.8 Å². The molecule has 0 bridgehead atoms. The molecule has 3 N–H and O–H groups in total. The van der Waals surface area contributed by atoms with Crippen LogP contribution >= 0.6 is 0 Å². The van der Waals surface area contributed by atoms with E-state index in [0.717, 1.165) is 5.39 Å². The van der Waals surface area contributed by atoms with Gasteiger partial charge in [0.15, 0.2) is 0 Å². The van der Waals surface area contributed by atoms with Crippen LogP contribution in [0.15, 0.2) is 22.6 Å². The quantitative estimate of drug-likeness (QED) is 0.678. The molecular weight excluding hydrogens is 324 g/mol. The molecule has 25 heavy (non-hydrogen) atoms. The number of hydrogen-bond donors (Lipinski definition) is 3. The Labute approximate surface area is 147 Å². The molecule has 0 saturated carbocycles. The number of rotatable bonds is 8. The number of aliphatic hydroxyl groups excluding tert-OH is 1. The van der Waals surface area contributed by atoms with Crippen molar-refractivity contribution in [3.8, 4) is 11.7 Å². The van der Waals surface area contributed by atoms with E-state index >= 15 is 0 Å². The predicted octanol–water partition coefficient (Wildman–Crippen LogP) is 2.59. The van der Waals surface area contributed by atoms with Gasteiger partial charge in [-0.05, 0) is 26.0 Å². The highest BCUT2D eigenvalue weighted by molar-refractivity contribution is 5.90. The zero-order chi connectivity index (χ0) is 18.4. The lowest BCUT2D eigenvalue weighted by atomic mass is 10.1. The second kappa shape index (κ2) is 8.73. The fourth-order valence-electron chi connectivity index (χ4n) is 2.34. The Morgan fingerprint density at radius 2 is 2.12 bits per heavy atom. The van der Waals surface area contributed by atoms with E-state index in [2.05, 4.69) is 10.6 Å². The van der Waals surface area contributed by atoms with Crippen molar-refractivity contribution >= 4 is 17.1 Å². The monoisotopic (exact) mass is 350 g/mol. The summed E-state index contributed by atoms with van der Waals surface area (Å²) in [6.45, 7) is 8.69. The molecule has 138 valence electrons. The molecule has 2 aromatic rings. The van der Waals surface area contributed by atoms with Gasteiger partial charge in [-0.1, -0.05) is 19.9 Å². The average Bonchev–Trinajstić information content (AvgIpc) is 2.87. The van der Waals surface area contributed by atoms with Gasteiger partial charge in [0.2, 0.25) is 0 Å². The van der Waals surface area contributed by atoms with Crippen molar-refractivity contribution in [3.63, 3.8) is 0 Å². The van der Waals surface area contributed by atoms with Crippen LogP contribution in [0.1, 0.15) is 26.3 Å². The number of aliphatic hydroxyl groups is 1. The number of benzene rings is 1. The molecule has 2 rings (SSSR count). The second-order valence-corrected chi connectivity index (χ2v) is 6.09. The van der Waals surface area contributed by atoms with E-state index in [4.69, 9.17) is 13.9 Å². The molecule has 1 aromatic carbocycles. The minimum Gasteiger partial charge on any atom is -0.490 e. The highest BCUT2D eigenvalue weighted by Crippen LogP contribution is 2.37. The fourth-order valence-corrected chi connectivity index (χ4v) is 2.34. The largest absolute Gasteiger partial charge is 0.490 e. The number of ether oxygens (including phenoxy) is 2. The number of amides is 1. The standard InChI is InChI=1S/C18H26N2O5/c1-5-19-18(22)25-17-12(4)16-14(7-6-8-15(16)24-17)23-10-13(21)9-20-11(2)3/h6-8,11,13,20-21H,5,9-10H2,1-4H3,(H,19,22). The number of aryl methyl sites for hydroxylation is 1. The molecule has 7 nitrogen and oxygen atoms in total. The zero-order valence-electron chi connectivity index (χ0n) is 15.1. The Balaban J connectivity index is 2.12. The van der Waals surface area contributed by atoms with Crippen LogP contribution in [0.5, 0.6) is 11.7 Å². The summed E-state index contributed by atoms with van der Waals surface area (Å²) in [6.07, 6.45) is -1.20. The normalized spacial score (nSPS) is 12.4. The van der Waals surface area contributed by atoms with Gasteiger partial charge in [0.1, 0.15) is 24.0 Å². The molecule has 0 saturated heterocycles. The number of furan rings is 1. The molecule has 1 amide bonds. The van der Waals surface area contributed by atoms with Crippen LogP contribution in [0.4, 0.5) is 4.79 Å². The molecular formula is C18H26N2O5. The highest BCUT2D eigenvalue weighted by Gasteiger charge is 2.19. The lowest BCUT2D eigenvalue weighted by Crippen LogP contribution is -2.35. The molecule has 1 atom stereocenters. The van der Waals surface area contributed by atoms with Crippen molar-refractivity contribution in [1.82, 2.24) is 10.6 Å². The van der Waals surface area contributed by atoms with Gasteiger partial charge in [-0.2, -0.15) is 0 Å². The van der Waals surface area contributed by atoms with E-state index < -0.39 is 12.2 Å². The minimum atomic E-state index is -0.629. The van der Waals surface area contributed by atoms with Crippen molar-refractivity contribution in [1.29, 1.82) is 0 Å². The summed E-state index contributed by atoms with van der Waals surface area (Å²) < 4.78 is 16.5. The maximum absolute atomic E-state index is 11.6. The maximum atomic E-state index is 11.6. The van der Waals surface area contributed by atoms with Crippen molar-refractivity contribution in [2.45, 2.75) is 39.8 Å². The van der Waals surface area contributed by atoms with Gasteiger partial charge < -0.3 is 29.6 Å². The predicted molar refractivity (Wildman–Crippen MR) is 95.3 cm³/mol. The maximum Gasteiger partial charge on any atom is 0.415 e. The summed E-state index contributed by atoms with van der Waals surface area (Å²) in [7, 11) is 0. The SMILES string of the molecule is CCNC(=O)Oc1oc2cccc(OCC(O)CNC(C)C)c2c1C. The van der Waals surface area contributed by atoms with Crippen LogP contribution in [0.3, 0.4) is 0 Å².